The van der Waals surface area contributed by atoms with Gasteiger partial charge in [0.1, 0.15) is 5.82 Å². The number of benzene rings is 2. The molecule has 1 aliphatic rings. The van der Waals surface area contributed by atoms with Gasteiger partial charge in [0.15, 0.2) is 0 Å². The zero-order chi connectivity index (χ0) is 22.3. The Hall–Kier alpha value is -3.12. The number of carbonyl (C=O) groups excluding carboxylic acids is 1. The van der Waals surface area contributed by atoms with Crippen molar-refractivity contribution in [1.82, 2.24) is 15.1 Å². The highest BCUT2D eigenvalue weighted by Gasteiger charge is 2.26. The van der Waals surface area contributed by atoms with Gasteiger partial charge in [0.05, 0.1) is 11.6 Å². The average molecular weight is 451 g/mol. The maximum absolute atomic E-state index is 12.7. The Bertz CT molecular complexity index is 1120. The maximum atomic E-state index is 12.7. The van der Waals surface area contributed by atoms with Gasteiger partial charge in [-0.25, -0.2) is 0 Å². The SMILES string of the molecule is O=C(NCCCc1ccccc1)C1CCCN(c2ccc(=O)n(-c3cccc(Cl)c3)n2)C1. The summed E-state index contributed by atoms with van der Waals surface area (Å²) in [6, 6.07) is 20.6. The lowest BCUT2D eigenvalue weighted by atomic mass is 9.97. The zero-order valence-corrected chi connectivity index (χ0v) is 18.7. The topological polar surface area (TPSA) is 67.2 Å². The Morgan fingerprint density at radius 1 is 1.09 bits per heavy atom. The smallest absolute Gasteiger partial charge is 0.271 e. The molecule has 0 aliphatic carbocycles. The Kier molecular flexibility index (Phi) is 7.22. The molecule has 0 saturated carbocycles. The third kappa shape index (κ3) is 5.56. The number of nitrogens with zero attached hydrogens (tertiary/aromatic N) is 3. The van der Waals surface area contributed by atoms with Crippen LogP contribution in [0.25, 0.3) is 5.69 Å². The van der Waals surface area contributed by atoms with E-state index in [2.05, 4.69) is 27.4 Å². The van der Waals surface area contributed by atoms with E-state index in [9.17, 15) is 9.59 Å². The minimum Gasteiger partial charge on any atom is -0.356 e. The zero-order valence-electron chi connectivity index (χ0n) is 17.9. The summed E-state index contributed by atoms with van der Waals surface area (Å²) in [4.78, 5) is 27.2. The molecule has 1 aliphatic heterocycles. The molecule has 1 fully saturated rings. The van der Waals surface area contributed by atoms with Crippen molar-refractivity contribution in [2.75, 3.05) is 24.5 Å². The second-order valence-electron chi connectivity index (χ2n) is 8.09. The van der Waals surface area contributed by atoms with E-state index in [4.69, 9.17) is 11.6 Å². The first-order chi connectivity index (χ1) is 15.6. The number of piperidine rings is 1. The molecule has 3 aromatic rings. The van der Waals surface area contributed by atoms with Crippen molar-refractivity contribution in [1.29, 1.82) is 0 Å². The molecule has 7 heteroatoms. The molecule has 1 amide bonds. The summed E-state index contributed by atoms with van der Waals surface area (Å²) >= 11 is 6.08. The number of anilines is 1. The number of aryl methyl sites for hydroxylation is 1. The van der Waals surface area contributed by atoms with E-state index in [0.717, 1.165) is 32.2 Å². The molecule has 1 saturated heterocycles. The molecule has 6 nitrogen and oxygen atoms in total. The van der Waals surface area contributed by atoms with Crippen LogP contribution in [0.2, 0.25) is 5.02 Å². The molecule has 1 aromatic heterocycles. The van der Waals surface area contributed by atoms with Gasteiger partial charge >= 0.3 is 0 Å². The highest BCUT2D eigenvalue weighted by Crippen LogP contribution is 2.22. The molecule has 1 unspecified atom stereocenters. The fraction of sp³-hybridized carbons (Fsp3) is 0.320. The number of hydrogen-bond donors (Lipinski definition) is 1. The number of rotatable bonds is 7. The molecule has 0 radical (unpaired) electrons. The van der Waals surface area contributed by atoms with E-state index in [1.807, 2.05) is 18.2 Å². The van der Waals surface area contributed by atoms with Crippen LogP contribution < -0.4 is 15.8 Å². The first-order valence-electron chi connectivity index (χ1n) is 11.0. The van der Waals surface area contributed by atoms with Gasteiger partial charge in [-0.3, -0.25) is 9.59 Å². The predicted octanol–water partition coefficient (Wildman–Crippen LogP) is 3.85. The molecular weight excluding hydrogens is 424 g/mol. The summed E-state index contributed by atoms with van der Waals surface area (Å²) in [5.74, 6) is 0.686. The quantitative estimate of drug-likeness (QED) is 0.555. The van der Waals surface area contributed by atoms with E-state index < -0.39 is 0 Å². The number of hydrogen-bond acceptors (Lipinski definition) is 4. The molecule has 0 bridgehead atoms. The summed E-state index contributed by atoms with van der Waals surface area (Å²) in [5, 5.41) is 8.19. The van der Waals surface area contributed by atoms with Crippen LogP contribution in [0, 0.1) is 5.92 Å². The van der Waals surface area contributed by atoms with Crippen LogP contribution in [-0.2, 0) is 11.2 Å². The Labute approximate surface area is 192 Å². The molecule has 1 N–H and O–H groups in total. The van der Waals surface area contributed by atoms with E-state index in [1.165, 1.54) is 16.3 Å². The average Bonchev–Trinajstić information content (AvgIpc) is 2.83. The van der Waals surface area contributed by atoms with Crippen LogP contribution in [0.4, 0.5) is 5.82 Å². The number of halogens is 1. The number of aromatic nitrogens is 2. The van der Waals surface area contributed by atoms with Gasteiger partial charge in [-0.15, -0.1) is 5.10 Å². The lowest BCUT2D eigenvalue weighted by Gasteiger charge is -2.33. The van der Waals surface area contributed by atoms with E-state index in [1.54, 1.807) is 30.3 Å². The van der Waals surface area contributed by atoms with Crippen molar-refractivity contribution in [3.05, 3.63) is 87.7 Å². The molecule has 0 spiro atoms. The summed E-state index contributed by atoms with van der Waals surface area (Å²) in [7, 11) is 0. The minimum absolute atomic E-state index is 0.0888. The lowest BCUT2D eigenvalue weighted by molar-refractivity contribution is -0.125. The van der Waals surface area contributed by atoms with Crippen molar-refractivity contribution < 1.29 is 4.79 Å². The maximum Gasteiger partial charge on any atom is 0.271 e. The molecule has 1 atom stereocenters. The Balaban J connectivity index is 1.37. The standard InChI is InChI=1S/C25H27ClN4O2/c26-21-11-4-12-22(17-21)30-24(31)14-13-23(28-30)29-16-6-10-20(18-29)25(32)27-15-5-9-19-7-2-1-3-8-19/h1-4,7-8,11-14,17,20H,5-6,9-10,15-16,18H2,(H,27,32). The highest BCUT2D eigenvalue weighted by atomic mass is 35.5. The molecule has 4 rings (SSSR count). The van der Waals surface area contributed by atoms with Crippen LogP contribution in [-0.4, -0.2) is 35.3 Å². The van der Waals surface area contributed by atoms with E-state index in [0.29, 0.717) is 29.6 Å². The summed E-state index contributed by atoms with van der Waals surface area (Å²) in [6.45, 7) is 2.06. The van der Waals surface area contributed by atoms with Crippen molar-refractivity contribution >= 4 is 23.3 Å². The van der Waals surface area contributed by atoms with Gasteiger partial charge in [-0.2, -0.15) is 4.68 Å². The number of carbonyl (C=O) groups is 1. The fourth-order valence-electron chi connectivity index (χ4n) is 4.06. The van der Waals surface area contributed by atoms with Gasteiger partial charge in [0.2, 0.25) is 5.91 Å². The first-order valence-corrected chi connectivity index (χ1v) is 11.4. The van der Waals surface area contributed by atoms with Crippen molar-refractivity contribution in [2.24, 2.45) is 5.92 Å². The molecule has 32 heavy (non-hydrogen) atoms. The van der Waals surface area contributed by atoms with Gasteiger partial charge in [0, 0.05) is 30.7 Å². The molecule has 2 heterocycles. The second kappa shape index (κ2) is 10.5. The normalized spacial score (nSPS) is 16.0. The van der Waals surface area contributed by atoms with Gasteiger partial charge in [-0.1, -0.05) is 48.0 Å². The van der Waals surface area contributed by atoms with Crippen LogP contribution in [0.3, 0.4) is 0 Å². The Morgan fingerprint density at radius 2 is 1.94 bits per heavy atom. The third-order valence-electron chi connectivity index (χ3n) is 5.74. The van der Waals surface area contributed by atoms with Gasteiger partial charge < -0.3 is 10.2 Å². The highest BCUT2D eigenvalue weighted by molar-refractivity contribution is 6.30. The summed E-state index contributed by atoms with van der Waals surface area (Å²) in [5.41, 5.74) is 1.68. The lowest BCUT2D eigenvalue weighted by Crippen LogP contribution is -2.44. The number of nitrogens with one attached hydrogen (secondary N) is 1. The molecular formula is C25H27ClN4O2. The van der Waals surface area contributed by atoms with Crippen LogP contribution >= 0.6 is 11.6 Å². The monoisotopic (exact) mass is 450 g/mol. The number of amides is 1. The van der Waals surface area contributed by atoms with Crippen LogP contribution in [0.1, 0.15) is 24.8 Å². The summed E-state index contributed by atoms with van der Waals surface area (Å²) < 4.78 is 1.36. The van der Waals surface area contributed by atoms with Gasteiger partial charge in [-0.05, 0) is 55.5 Å². The molecule has 2 aromatic carbocycles. The van der Waals surface area contributed by atoms with Crippen molar-refractivity contribution in [3.8, 4) is 5.69 Å². The van der Waals surface area contributed by atoms with Crippen molar-refractivity contribution in [3.63, 3.8) is 0 Å². The van der Waals surface area contributed by atoms with Crippen molar-refractivity contribution in [2.45, 2.75) is 25.7 Å². The molecule has 166 valence electrons. The van der Waals surface area contributed by atoms with Crippen LogP contribution in [0.15, 0.2) is 71.5 Å². The second-order valence-corrected chi connectivity index (χ2v) is 8.52. The van der Waals surface area contributed by atoms with Crippen LogP contribution in [0.5, 0.6) is 0 Å². The largest absolute Gasteiger partial charge is 0.356 e. The van der Waals surface area contributed by atoms with Gasteiger partial charge in [0.25, 0.3) is 5.56 Å². The fourth-order valence-corrected chi connectivity index (χ4v) is 4.24. The summed E-state index contributed by atoms with van der Waals surface area (Å²) in [6.07, 6.45) is 3.63. The van der Waals surface area contributed by atoms with E-state index in [-0.39, 0.29) is 17.4 Å². The Morgan fingerprint density at radius 3 is 2.75 bits per heavy atom. The van der Waals surface area contributed by atoms with E-state index >= 15 is 0 Å². The predicted molar refractivity (Wildman–Crippen MR) is 128 cm³/mol. The third-order valence-corrected chi connectivity index (χ3v) is 5.97. The first kappa shape index (κ1) is 22.1. The minimum atomic E-state index is -0.222.